The van der Waals surface area contributed by atoms with E-state index in [0.29, 0.717) is 21.7 Å². The van der Waals surface area contributed by atoms with Gasteiger partial charge in [-0.25, -0.2) is 4.79 Å². The van der Waals surface area contributed by atoms with Gasteiger partial charge in [0.25, 0.3) is 0 Å². The molecule has 6 heteroatoms. The Labute approximate surface area is 132 Å². The average Bonchev–Trinajstić information content (AvgIpc) is 2.42. The lowest BCUT2D eigenvalue weighted by Gasteiger charge is -2.11. The van der Waals surface area contributed by atoms with Crippen LogP contribution in [0.1, 0.15) is 10.4 Å². The minimum atomic E-state index is -0.995. The Morgan fingerprint density at radius 3 is 2.40 bits per heavy atom. The van der Waals surface area contributed by atoms with Crippen LogP contribution in [-0.4, -0.2) is 18.2 Å². The number of carboxylic acid groups (broad SMARTS) is 1. The van der Waals surface area contributed by atoms with Crippen LogP contribution in [0.25, 0.3) is 0 Å². The second-order valence-electron chi connectivity index (χ2n) is 3.85. The fourth-order valence-electron chi connectivity index (χ4n) is 1.56. The average molecular weight is 402 g/mol. The molecule has 20 heavy (non-hydrogen) atoms. The molecular formula is C14H10Br2O4. The van der Waals surface area contributed by atoms with Crippen molar-refractivity contribution >= 4 is 37.8 Å². The highest BCUT2D eigenvalue weighted by molar-refractivity contribution is 9.11. The monoisotopic (exact) mass is 400 g/mol. The van der Waals surface area contributed by atoms with E-state index in [2.05, 4.69) is 31.9 Å². The van der Waals surface area contributed by atoms with E-state index in [0.717, 1.165) is 4.47 Å². The van der Waals surface area contributed by atoms with Crippen molar-refractivity contribution in [1.29, 1.82) is 0 Å². The first-order valence-corrected chi connectivity index (χ1v) is 7.14. The standard InChI is InChI=1S/C14H10Br2O4/c1-19-12-6-11(16)13(7-10(12)15)20-9-4-2-3-8(5-9)14(17)18/h2-7H,1H3,(H,17,18). The van der Waals surface area contributed by atoms with Crippen molar-refractivity contribution in [2.75, 3.05) is 7.11 Å². The topological polar surface area (TPSA) is 55.8 Å². The summed E-state index contributed by atoms with van der Waals surface area (Å²) < 4.78 is 12.3. The highest BCUT2D eigenvalue weighted by Gasteiger charge is 2.10. The van der Waals surface area contributed by atoms with Crippen LogP contribution in [0.3, 0.4) is 0 Å². The summed E-state index contributed by atoms with van der Waals surface area (Å²) in [5.41, 5.74) is 0.172. The summed E-state index contributed by atoms with van der Waals surface area (Å²) in [7, 11) is 1.57. The normalized spacial score (nSPS) is 10.2. The number of hydrogen-bond acceptors (Lipinski definition) is 3. The van der Waals surface area contributed by atoms with Crippen LogP contribution in [0, 0.1) is 0 Å². The van der Waals surface area contributed by atoms with Gasteiger partial charge >= 0.3 is 5.97 Å². The maximum atomic E-state index is 10.9. The van der Waals surface area contributed by atoms with E-state index in [4.69, 9.17) is 14.6 Å². The SMILES string of the molecule is COc1cc(Br)c(Oc2cccc(C(=O)O)c2)cc1Br. The Morgan fingerprint density at radius 2 is 1.75 bits per heavy atom. The highest BCUT2D eigenvalue weighted by Crippen LogP contribution is 2.38. The molecule has 2 aromatic rings. The van der Waals surface area contributed by atoms with Crippen LogP contribution in [-0.2, 0) is 0 Å². The van der Waals surface area contributed by atoms with Crippen molar-refractivity contribution in [2.24, 2.45) is 0 Å². The Balaban J connectivity index is 2.32. The zero-order chi connectivity index (χ0) is 14.7. The largest absolute Gasteiger partial charge is 0.496 e. The lowest BCUT2D eigenvalue weighted by atomic mass is 10.2. The van der Waals surface area contributed by atoms with Gasteiger partial charge in [0.15, 0.2) is 0 Å². The number of halogens is 2. The summed E-state index contributed by atoms with van der Waals surface area (Å²) in [6, 6.07) is 9.81. The van der Waals surface area contributed by atoms with E-state index in [9.17, 15) is 4.79 Å². The summed E-state index contributed by atoms with van der Waals surface area (Å²) in [5, 5.41) is 8.95. The van der Waals surface area contributed by atoms with Gasteiger partial charge in [-0.05, 0) is 62.2 Å². The highest BCUT2D eigenvalue weighted by atomic mass is 79.9. The van der Waals surface area contributed by atoms with Crippen molar-refractivity contribution in [3.63, 3.8) is 0 Å². The zero-order valence-electron chi connectivity index (χ0n) is 10.4. The minimum Gasteiger partial charge on any atom is -0.496 e. The summed E-state index contributed by atoms with van der Waals surface area (Å²) >= 11 is 6.76. The molecule has 0 heterocycles. The Hall–Kier alpha value is -1.53. The lowest BCUT2D eigenvalue weighted by Crippen LogP contribution is -1.96. The lowest BCUT2D eigenvalue weighted by molar-refractivity contribution is 0.0696. The van der Waals surface area contributed by atoms with Gasteiger partial charge in [-0.2, -0.15) is 0 Å². The molecule has 0 aromatic heterocycles. The predicted octanol–water partition coefficient (Wildman–Crippen LogP) is 4.71. The molecule has 104 valence electrons. The van der Waals surface area contributed by atoms with Crippen molar-refractivity contribution in [3.05, 3.63) is 50.9 Å². The Bertz CT molecular complexity index is 656. The maximum Gasteiger partial charge on any atom is 0.335 e. The van der Waals surface area contributed by atoms with Gasteiger partial charge in [0.1, 0.15) is 17.2 Å². The number of ether oxygens (including phenoxy) is 2. The number of aromatic carboxylic acids is 1. The third kappa shape index (κ3) is 3.32. The van der Waals surface area contributed by atoms with Gasteiger partial charge in [-0.15, -0.1) is 0 Å². The van der Waals surface area contributed by atoms with Crippen molar-refractivity contribution in [2.45, 2.75) is 0 Å². The maximum absolute atomic E-state index is 10.9. The predicted molar refractivity (Wildman–Crippen MR) is 81.9 cm³/mol. The number of hydrogen-bond donors (Lipinski definition) is 1. The molecule has 0 aliphatic rings. The van der Waals surface area contributed by atoms with Gasteiger partial charge < -0.3 is 14.6 Å². The molecular weight excluding hydrogens is 392 g/mol. The summed E-state index contributed by atoms with van der Waals surface area (Å²) in [5.74, 6) is 0.678. The van der Waals surface area contributed by atoms with Crippen LogP contribution < -0.4 is 9.47 Å². The fourth-order valence-corrected chi connectivity index (χ4v) is 2.45. The van der Waals surface area contributed by atoms with Gasteiger partial charge in [0.05, 0.1) is 21.6 Å². The molecule has 0 saturated carbocycles. The van der Waals surface area contributed by atoms with E-state index in [1.165, 1.54) is 12.1 Å². The van der Waals surface area contributed by atoms with E-state index in [1.54, 1.807) is 31.4 Å². The molecule has 0 bridgehead atoms. The molecule has 0 aliphatic heterocycles. The summed E-state index contributed by atoms with van der Waals surface area (Å²) in [6.07, 6.45) is 0. The quantitative estimate of drug-likeness (QED) is 0.805. The zero-order valence-corrected chi connectivity index (χ0v) is 13.6. The van der Waals surface area contributed by atoms with Gasteiger partial charge in [-0.3, -0.25) is 0 Å². The third-order valence-corrected chi connectivity index (χ3v) is 3.75. The molecule has 0 amide bonds. The summed E-state index contributed by atoms with van der Waals surface area (Å²) in [4.78, 5) is 10.9. The molecule has 0 saturated heterocycles. The Morgan fingerprint density at radius 1 is 1.10 bits per heavy atom. The molecule has 0 aliphatic carbocycles. The van der Waals surface area contributed by atoms with Gasteiger partial charge in [0.2, 0.25) is 0 Å². The number of rotatable bonds is 4. The number of methoxy groups -OCH3 is 1. The summed E-state index contributed by atoms with van der Waals surface area (Å²) in [6.45, 7) is 0. The van der Waals surface area contributed by atoms with Crippen LogP contribution in [0.5, 0.6) is 17.2 Å². The van der Waals surface area contributed by atoms with Crippen LogP contribution in [0.15, 0.2) is 45.3 Å². The van der Waals surface area contributed by atoms with Crippen molar-refractivity contribution in [3.8, 4) is 17.2 Å². The molecule has 0 unspecified atom stereocenters. The van der Waals surface area contributed by atoms with E-state index in [1.807, 2.05) is 0 Å². The van der Waals surface area contributed by atoms with Crippen LogP contribution in [0.4, 0.5) is 0 Å². The van der Waals surface area contributed by atoms with Crippen molar-refractivity contribution in [1.82, 2.24) is 0 Å². The molecule has 0 fully saturated rings. The van der Waals surface area contributed by atoms with E-state index in [-0.39, 0.29) is 5.56 Å². The fraction of sp³-hybridized carbons (Fsp3) is 0.0714. The third-order valence-electron chi connectivity index (χ3n) is 2.52. The van der Waals surface area contributed by atoms with E-state index >= 15 is 0 Å². The van der Waals surface area contributed by atoms with Crippen LogP contribution in [0.2, 0.25) is 0 Å². The van der Waals surface area contributed by atoms with Gasteiger partial charge in [-0.1, -0.05) is 6.07 Å². The number of carbonyl (C=O) groups is 1. The molecule has 0 atom stereocenters. The van der Waals surface area contributed by atoms with Crippen molar-refractivity contribution < 1.29 is 19.4 Å². The molecule has 1 N–H and O–H groups in total. The van der Waals surface area contributed by atoms with Gasteiger partial charge in [0, 0.05) is 0 Å². The molecule has 2 rings (SSSR count). The van der Waals surface area contributed by atoms with E-state index < -0.39 is 5.97 Å². The first-order chi connectivity index (χ1) is 9.51. The number of benzene rings is 2. The molecule has 2 aromatic carbocycles. The molecule has 4 nitrogen and oxygen atoms in total. The number of carboxylic acids is 1. The molecule has 0 radical (unpaired) electrons. The Kier molecular flexibility index (Phi) is 4.67. The molecule has 0 spiro atoms. The first kappa shape index (κ1) is 14.9. The smallest absolute Gasteiger partial charge is 0.335 e. The first-order valence-electron chi connectivity index (χ1n) is 5.55. The second-order valence-corrected chi connectivity index (χ2v) is 5.56. The minimum absolute atomic E-state index is 0.172. The van der Waals surface area contributed by atoms with Crippen LogP contribution >= 0.6 is 31.9 Å². The second kappa shape index (κ2) is 6.28.